The molecule has 33 heavy (non-hydrogen) atoms. The molecule has 0 bridgehead atoms. The molecule has 1 aromatic rings. The van der Waals surface area contributed by atoms with Crippen molar-refractivity contribution in [2.45, 2.75) is 47.5 Å². The first-order valence-electron chi connectivity index (χ1n) is 10.8. The van der Waals surface area contributed by atoms with E-state index in [1.807, 2.05) is 39.0 Å². The Labute approximate surface area is 215 Å². The first-order chi connectivity index (χ1) is 15.4. The largest absolute Gasteiger partial charge is 0.445 e. The van der Waals surface area contributed by atoms with Crippen molar-refractivity contribution >= 4 is 58.8 Å². The summed E-state index contributed by atoms with van der Waals surface area (Å²) in [5, 5.41) is 3.01. The maximum Gasteiger partial charge on any atom is 0.409 e. The van der Waals surface area contributed by atoms with Crippen LogP contribution in [0.4, 0.5) is 9.59 Å². The van der Waals surface area contributed by atoms with E-state index in [1.54, 1.807) is 16.7 Å². The second-order valence-electron chi connectivity index (χ2n) is 8.75. The average molecular weight is 541 g/mol. The Bertz CT molecular complexity index is 751. The highest BCUT2D eigenvalue weighted by Crippen LogP contribution is 2.26. The van der Waals surface area contributed by atoms with Crippen molar-refractivity contribution < 1.29 is 19.1 Å². The number of halogens is 3. The Morgan fingerprint density at radius 1 is 1.09 bits per heavy atom. The summed E-state index contributed by atoms with van der Waals surface area (Å²) in [5.74, 6) is 0.729. The molecule has 1 N–H and O–H groups in total. The molecule has 1 atom stereocenters. The molecule has 11 heteroatoms. The molecular weight excluding hydrogens is 509 g/mol. The van der Waals surface area contributed by atoms with Crippen LogP contribution in [-0.4, -0.2) is 82.5 Å². The van der Waals surface area contributed by atoms with Crippen LogP contribution in [0.5, 0.6) is 0 Å². The van der Waals surface area contributed by atoms with Gasteiger partial charge in [-0.2, -0.15) is 0 Å². The van der Waals surface area contributed by atoms with Crippen LogP contribution < -0.4 is 5.32 Å². The van der Waals surface area contributed by atoms with E-state index in [9.17, 15) is 9.59 Å². The molecule has 2 rings (SSSR count). The molecule has 2 amide bonds. The molecule has 0 spiro atoms. The van der Waals surface area contributed by atoms with Crippen LogP contribution in [0.25, 0.3) is 0 Å². The number of piperazine rings is 1. The Hall–Kier alpha value is -1.06. The van der Waals surface area contributed by atoms with Gasteiger partial charge in [-0.05, 0) is 39.3 Å². The number of nitrogens with zero attached hydrogens (tertiary/aromatic N) is 2. The Kier molecular flexibility index (Phi) is 11.2. The molecule has 7 nitrogen and oxygen atoms in total. The second-order valence-corrected chi connectivity index (χ2v) is 12.4. The summed E-state index contributed by atoms with van der Waals surface area (Å²) >= 11 is 18.6. The standard InChI is InChI=1S/C22H32Cl3N3O4S/c1-21(2,3)32-19(29)26-17(15-33-18-7-5-4-6-8-18)9-10-27-11-13-28(14-12-27)20(30)31-16-22(23,24)25/h4-8,17H,9-16H2,1-3H3,(H,26,29)/t17-/m1/s1. The zero-order valence-electron chi connectivity index (χ0n) is 19.2. The predicted molar refractivity (Wildman–Crippen MR) is 135 cm³/mol. The minimum atomic E-state index is -1.62. The smallest absolute Gasteiger partial charge is 0.409 e. The molecule has 186 valence electrons. The molecular formula is C22H32Cl3N3O4S. The van der Waals surface area contributed by atoms with E-state index in [2.05, 4.69) is 22.3 Å². The van der Waals surface area contributed by atoms with E-state index < -0.39 is 21.6 Å². The van der Waals surface area contributed by atoms with Gasteiger partial charge in [-0.15, -0.1) is 11.8 Å². The van der Waals surface area contributed by atoms with Crippen LogP contribution >= 0.6 is 46.6 Å². The summed E-state index contributed by atoms with van der Waals surface area (Å²) in [5.41, 5.74) is -0.553. The number of hydrogen-bond donors (Lipinski definition) is 1. The summed E-state index contributed by atoms with van der Waals surface area (Å²) in [4.78, 5) is 29.5. The number of alkyl halides is 3. The predicted octanol–water partition coefficient (Wildman–Crippen LogP) is 5.19. The van der Waals surface area contributed by atoms with Gasteiger partial charge < -0.3 is 19.7 Å². The molecule has 0 saturated carbocycles. The van der Waals surface area contributed by atoms with Crippen LogP contribution in [0.1, 0.15) is 27.2 Å². The number of alkyl carbamates (subject to hydrolysis) is 1. The highest BCUT2D eigenvalue weighted by molar-refractivity contribution is 7.99. The Morgan fingerprint density at radius 2 is 1.73 bits per heavy atom. The van der Waals surface area contributed by atoms with Gasteiger partial charge in [0.1, 0.15) is 12.2 Å². The van der Waals surface area contributed by atoms with Gasteiger partial charge in [0, 0.05) is 49.4 Å². The summed E-state index contributed by atoms with van der Waals surface area (Å²) in [6, 6.07) is 10.0. The topological polar surface area (TPSA) is 71.1 Å². The van der Waals surface area contributed by atoms with Crippen molar-refractivity contribution in [3.05, 3.63) is 30.3 Å². The van der Waals surface area contributed by atoms with E-state index in [4.69, 9.17) is 44.3 Å². The number of nitrogens with one attached hydrogen (secondary N) is 1. The molecule has 1 saturated heterocycles. The van der Waals surface area contributed by atoms with E-state index in [0.29, 0.717) is 26.2 Å². The number of benzene rings is 1. The number of rotatable bonds is 8. The lowest BCUT2D eigenvalue weighted by Gasteiger charge is -2.35. The Balaban J connectivity index is 1.82. The van der Waals surface area contributed by atoms with Crippen LogP contribution in [0.15, 0.2) is 35.2 Å². The molecule has 0 unspecified atom stereocenters. The number of carbonyl (C=O) groups is 2. The molecule has 1 heterocycles. The number of hydrogen-bond acceptors (Lipinski definition) is 6. The van der Waals surface area contributed by atoms with Gasteiger partial charge in [-0.1, -0.05) is 53.0 Å². The number of thioether (sulfide) groups is 1. The highest BCUT2D eigenvalue weighted by atomic mass is 35.6. The van der Waals surface area contributed by atoms with Gasteiger partial charge in [0.15, 0.2) is 0 Å². The first-order valence-corrected chi connectivity index (χ1v) is 12.9. The summed E-state index contributed by atoms with van der Waals surface area (Å²) in [7, 11) is 0. The summed E-state index contributed by atoms with van der Waals surface area (Å²) in [6.45, 7) is 8.50. The molecule has 0 aromatic heterocycles. The van der Waals surface area contributed by atoms with Crippen molar-refractivity contribution in [3.8, 4) is 0 Å². The number of carbonyl (C=O) groups excluding carboxylic acids is 2. The Morgan fingerprint density at radius 3 is 2.30 bits per heavy atom. The lowest BCUT2D eigenvalue weighted by molar-refractivity contribution is 0.0497. The quantitative estimate of drug-likeness (QED) is 0.362. The minimum absolute atomic E-state index is 0.0580. The highest BCUT2D eigenvalue weighted by Gasteiger charge is 2.27. The zero-order chi connectivity index (χ0) is 24.5. The third-order valence-electron chi connectivity index (χ3n) is 4.70. The summed E-state index contributed by atoms with van der Waals surface area (Å²) < 4.78 is 8.87. The van der Waals surface area contributed by atoms with Gasteiger partial charge >= 0.3 is 12.2 Å². The van der Waals surface area contributed by atoms with E-state index in [1.165, 1.54) is 0 Å². The fourth-order valence-corrected chi connectivity index (χ4v) is 4.27. The minimum Gasteiger partial charge on any atom is -0.445 e. The molecule has 1 fully saturated rings. The molecule has 1 aliphatic heterocycles. The van der Waals surface area contributed by atoms with Crippen LogP contribution in [0.2, 0.25) is 0 Å². The molecule has 1 aliphatic rings. The normalized spacial score (nSPS) is 16.2. The SMILES string of the molecule is CC(C)(C)OC(=O)N[C@H](CCN1CCN(C(=O)OCC(Cl)(Cl)Cl)CC1)CSc1ccccc1. The van der Waals surface area contributed by atoms with Crippen molar-refractivity contribution in [1.29, 1.82) is 0 Å². The van der Waals surface area contributed by atoms with Crippen molar-refractivity contribution in [2.75, 3.05) is 45.1 Å². The van der Waals surface area contributed by atoms with E-state index in [-0.39, 0.29) is 12.6 Å². The molecule has 0 radical (unpaired) electrons. The van der Waals surface area contributed by atoms with Gasteiger partial charge in [0.05, 0.1) is 0 Å². The third-order valence-corrected chi connectivity index (χ3v) is 6.20. The van der Waals surface area contributed by atoms with E-state index >= 15 is 0 Å². The lowest BCUT2D eigenvalue weighted by atomic mass is 10.2. The maximum atomic E-state index is 12.3. The molecule has 1 aromatic carbocycles. The second kappa shape index (κ2) is 13.1. The zero-order valence-corrected chi connectivity index (χ0v) is 22.3. The van der Waals surface area contributed by atoms with Crippen LogP contribution in [0.3, 0.4) is 0 Å². The lowest BCUT2D eigenvalue weighted by Crippen LogP contribution is -2.50. The van der Waals surface area contributed by atoms with Crippen molar-refractivity contribution in [1.82, 2.24) is 15.1 Å². The molecule has 0 aliphatic carbocycles. The fraction of sp³-hybridized carbons (Fsp3) is 0.636. The average Bonchev–Trinajstić information content (AvgIpc) is 2.73. The van der Waals surface area contributed by atoms with Gasteiger partial charge in [-0.3, -0.25) is 4.90 Å². The monoisotopic (exact) mass is 539 g/mol. The maximum absolute atomic E-state index is 12.3. The van der Waals surface area contributed by atoms with Crippen molar-refractivity contribution in [2.24, 2.45) is 0 Å². The van der Waals surface area contributed by atoms with Gasteiger partial charge in [0.2, 0.25) is 3.79 Å². The van der Waals surface area contributed by atoms with Gasteiger partial charge in [-0.25, -0.2) is 9.59 Å². The summed E-state index contributed by atoms with van der Waals surface area (Å²) in [6.07, 6.45) is -0.135. The van der Waals surface area contributed by atoms with E-state index in [0.717, 1.165) is 23.6 Å². The fourth-order valence-electron chi connectivity index (χ4n) is 3.11. The number of ether oxygens (including phenoxy) is 2. The number of amides is 2. The van der Waals surface area contributed by atoms with Crippen LogP contribution in [0, 0.1) is 0 Å². The van der Waals surface area contributed by atoms with Crippen LogP contribution in [-0.2, 0) is 9.47 Å². The van der Waals surface area contributed by atoms with Crippen molar-refractivity contribution in [3.63, 3.8) is 0 Å². The third kappa shape index (κ3) is 12.3. The van der Waals surface area contributed by atoms with Gasteiger partial charge in [0.25, 0.3) is 0 Å². The first kappa shape index (κ1) is 28.2.